The average molecular weight is 366 g/mol. The number of carbonyl (C=O) groups is 1. The van der Waals surface area contributed by atoms with Crippen LogP contribution in [0.3, 0.4) is 0 Å². The van der Waals surface area contributed by atoms with Crippen molar-refractivity contribution in [2.45, 2.75) is 24.8 Å². The highest BCUT2D eigenvalue weighted by Crippen LogP contribution is 2.20. The lowest BCUT2D eigenvalue weighted by atomic mass is 10.1. The summed E-state index contributed by atoms with van der Waals surface area (Å²) in [6.45, 7) is 2.15. The molecule has 1 amide bonds. The molecule has 2 rings (SSSR count). The van der Waals surface area contributed by atoms with Gasteiger partial charge in [0, 0.05) is 18.6 Å². The van der Waals surface area contributed by atoms with Crippen molar-refractivity contribution in [3.8, 4) is 0 Å². The molecule has 0 unspecified atom stereocenters. The first-order chi connectivity index (χ1) is 11.3. The molecule has 0 aliphatic carbocycles. The first kappa shape index (κ1) is 18.5. The molecule has 2 aromatic rings. The summed E-state index contributed by atoms with van der Waals surface area (Å²) in [6.07, 6.45) is 0.503. The number of benzene rings is 2. The zero-order valence-corrected chi connectivity index (χ0v) is 15.3. The maximum Gasteiger partial charge on any atom is 0.255 e. The summed E-state index contributed by atoms with van der Waals surface area (Å²) < 4.78 is 24.8. The number of hydrogen-bond donors (Lipinski definition) is 0. The number of carbonyl (C=O) groups excluding carboxylic acids is 1. The van der Waals surface area contributed by atoms with Gasteiger partial charge in [-0.2, -0.15) is 0 Å². The van der Waals surface area contributed by atoms with E-state index in [4.69, 9.17) is 11.6 Å². The second-order valence-electron chi connectivity index (χ2n) is 5.61. The van der Waals surface area contributed by atoms with Crippen LogP contribution in [0.1, 0.15) is 29.3 Å². The van der Waals surface area contributed by atoms with Gasteiger partial charge in [-0.3, -0.25) is 4.79 Å². The standard InChI is InChI=1S/C18H20ClNO3S/c1-3-11-24(22,23)17-10-5-4-9-16(17)18(21)20(2)13-14-7-6-8-15(19)12-14/h4-10,12H,3,11,13H2,1-2H3. The molecular weight excluding hydrogens is 346 g/mol. The fourth-order valence-electron chi connectivity index (χ4n) is 2.48. The third-order valence-corrected chi connectivity index (χ3v) is 5.79. The fraction of sp³-hybridized carbons (Fsp3) is 0.278. The number of sulfone groups is 1. The van der Waals surface area contributed by atoms with Crippen molar-refractivity contribution in [3.05, 3.63) is 64.7 Å². The molecule has 0 aliphatic heterocycles. The smallest absolute Gasteiger partial charge is 0.255 e. The van der Waals surface area contributed by atoms with Crippen LogP contribution in [0.5, 0.6) is 0 Å². The van der Waals surface area contributed by atoms with Gasteiger partial charge in [0.1, 0.15) is 0 Å². The van der Waals surface area contributed by atoms with E-state index in [1.165, 1.54) is 11.0 Å². The minimum atomic E-state index is -3.47. The Labute approximate surface area is 148 Å². The van der Waals surface area contributed by atoms with Crippen molar-refractivity contribution >= 4 is 27.3 Å². The first-order valence-electron chi connectivity index (χ1n) is 7.67. The van der Waals surface area contributed by atoms with Gasteiger partial charge in [0.15, 0.2) is 9.84 Å². The summed E-state index contributed by atoms with van der Waals surface area (Å²) >= 11 is 5.96. The summed E-state index contributed by atoms with van der Waals surface area (Å²) in [5.74, 6) is -0.305. The Kier molecular flexibility index (Phi) is 6.02. The normalized spacial score (nSPS) is 11.3. The quantitative estimate of drug-likeness (QED) is 0.782. The molecule has 0 radical (unpaired) electrons. The Hall–Kier alpha value is -1.85. The van der Waals surface area contributed by atoms with Crippen molar-refractivity contribution in [2.75, 3.05) is 12.8 Å². The van der Waals surface area contributed by atoms with E-state index in [0.717, 1.165) is 5.56 Å². The SMILES string of the molecule is CCCS(=O)(=O)c1ccccc1C(=O)N(C)Cc1cccc(Cl)c1. The van der Waals surface area contributed by atoms with Gasteiger partial charge in [-0.1, -0.05) is 42.8 Å². The first-order valence-corrected chi connectivity index (χ1v) is 9.70. The van der Waals surface area contributed by atoms with Crippen LogP contribution in [-0.4, -0.2) is 32.0 Å². The molecule has 0 heterocycles. The Morgan fingerprint density at radius 3 is 2.50 bits per heavy atom. The summed E-state index contributed by atoms with van der Waals surface area (Å²) in [6, 6.07) is 13.6. The monoisotopic (exact) mass is 365 g/mol. The Bertz CT molecular complexity index is 834. The van der Waals surface area contributed by atoms with Gasteiger partial charge >= 0.3 is 0 Å². The highest BCUT2D eigenvalue weighted by molar-refractivity contribution is 7.91. The number of halogens is 1. The van der Waals surface area contributed by atoms with Gasteiger partial charge < -0.3 is 4.90 Å². The van der Waals surface area contributed by atoms with E-state index in [-0.39, 0.29) is 22.1 Å². The van der Waals surface area contributed by atoms with E-state index in [9.17, 15) is 13.2 Å². The van der Waals surface area contributed by atoms with Crippen molar-refractivity contribution in [2.24, 2.45) is 0 Å². The van der Waals surface area contributed by atoms with E-state index in [1.807, 2.05) is 12.1 Å². The molecule has 4 nitrogen and oxygen atoms in total. The number of hydrogen-bond acceptors (Lipinski definition) is 3. The van der Waals surface area contributed by atoms with Crippen LogP contribution >= 0.6 is 11.6 Å². The van der Waals surface area contributed by atoms with E-state index < -0.39 is 9.84 Å². The lowest BCUT2D eigenvalue weighted by molar-refractivity contribution is 0.0781. The molecule has 0 spiro atoms. The maximum atomic E-state index is 12.7. The van der Waals surface area contributed by atoms with Crippen molar-refractivity contribution in [1.82, 2.24) is 4.90 Å². The minimum absolute atomic E-state index is 0.0231. The van der Waals surface area contributed by atoms with Crippen LogP contribution in [0.25, 0.3) is 0 Å². The molecule has 0 bridgehead atoms. The van der Waals surface area contributed by atoms with Gasteiger partial charge in [-0.25, -0.2) is 8.42 Å². The van der Waals surface area contributed by atoms with Crippen LogP contribution in [-0.2, 0) is 16.4 Å². The van der Waals surface area contributed by atoms with Gasteiger partial charge in [0.05, 0.1) is 16.2 Å². The lowest BCUT2D eigenvalue weighted by Crippen LogP contribution is -2.28. The zero-order valence-electron chi connectivity index (χ0n) is 13.7. The number of nitrogens with zero attached hydrogens (tertiary/aromatic N) is 1. The molecule has 0 aliphatic rings. The van der Waals surface area contributed by atoms with Crippen LogP contribution < -0.4 is 0 Å². The van der Waals surface area contributed by atoms with Gasteiger partial charge in [-0.05, 0) is 36.2 Å². The minimum Gasteiger partial charge on any atom is -0.337 e. The topological polar surface area (TPSA) is 54.5 Å². The third kappa shape index (κ3) is 4.36. The highest BCUT2D eigenvalue weighted by Gasteiger charge is 2.23. The molecule has 0 saturated carbocycles. The van der Waals surface area contributed by atoms with Crippen LogP contribution in [0.2, 0.25) is 5.02 Å². The van der Waals surface area contributed by atoms with Crippen molar-refractivity contribution in [3.63, 3.8) is 0 Å². The molecule has 128 valence electrons. The van der Waals surface area contributed by atoms with Crippen LogP contribution in [0, 0.1) is 0 Å². The summed E-state index contributed by atoms with van der Waals surface area (Å²) in [5.41, 5.74) is 1.09. The lowest BCUT2D eigenvalue weighted by Gasteiger charge is -2.19. The Balaban J connectivity index is 2.30. The fourth-order valence-corrected chi connectivity index (χ4v) is 4.23. The summed E-state index contributed by atoms with van der Waals surface area (Å²) in [5, 5.41) is 0.597. The number of rotatable bonds is 6. The van der Waals surface area contributed by atoms with Crippen molar-refractivity contribution in [1.29, 1.82) is 0 Å². The van der Waals surface area contributed by atoms with Crippen LogP contribution in [0.15, 0.2) is 53.4 Å². The van der Waals surface area contributed by atoms with Gasteiger partial charge in [0.2, 0.25) is 0 Å². The second kappa shape index (κ2) is 7.81. The van der Waals surface area contributed by atoms with Gasteiger partial charge in [-0.15, -0.1) is 0 Å². The van der Waals surface area contributed by atoms with Crippen molar-refractivity contribution < 1.29 is 13.2 Å². The van der Waals surface area contributed by atoms with E-state index in [1.54, 1.807) is 44.3 Å². The molecule has 0 aromatic heterocycles. The molecule has 0 saturated heterocycles. The molecule has 6 heteroatoms. The largest absolute Gasteiger partial charge is 0.337 e. The van der Waals surface area contributed by atoms with Gasteiger partial charge in [0.25, 0.3) is 5.91 Å². The maximum absolute atomic E-state index is 12.7. The Morgan fingerprint density at radius 2 is 1.83 bits per heavy atom. The molecule has 24 heavy (non-hydrogen) atoms. The summed E-state index contributed by atoms with van der Waals surface area (Å²) in [7, 11) is -1.82. The number of amides is 1. The zero-order chi connectivity index (χ0) is 17.7. The predicted molar refractivity (Wildman–Crippen MR) is 96.0 cm³/mol. The van der Waals surface area contributed by atoms with E-state index in [2.05, 4.69) is 0 Å². The molecule has 2 aromatic carbocycles. The second-order valence-corrected chi connectivity index (χ2v) is 8.12. The highest BCUT2D eigenvalue weighted by atomic mass is 35.5. The third-order valence-electron chi connectivity index (χ3n) is 3.58. The molecule has 0 atom stereocenters. The molecular formula is C18H20ClNO3S. The predicted octanol–water partition coefficient (Wildman–Crippen LogP) is 3.80. The average Bonchev–Trinajstić information content (AvgIpc) is 2.54. The summed E-state index contributed by atoms with van der Waals surface area (Å²) in [4.78, 5) is 14.3. The van der Waals surface area contributed by atoms with E-state index in [0.29, 0.717) is 18.0 Å². The molecule has 0 N–H and O–H groups in total. The van der Waals surface area contributed by atoms with E-state index >= 15 is 0 Å². The van der Waals surface area contributed by atoms with Crippen LogP contribution in [0.4, 0.5) is 0 Å². The Morgan fingerprint density at radius 1 is 1.12 bits per heavy atom. The molecule has 0 fully saturated rings.